The van der Waals surface area contributed by atoms with Crippen LogP contribution in [0.5, 0.6) is 0 Å². The normalized spacial score (nSPS) is 17.4. The van der Waals surface area contributed by atoms with E-state index in [0.29, 0.717) is 0 Å². The minimum atomic E-state index is -4.33. The molecule has 1 fully saturated rings. The molecule has 1 aliphatic heterocycles. The van der Waals surface area contributed by atoms with Crippen LogP contribution in [0.1, 0.15) is 12.0 Å². The number of hydrogen-bond donors (Lipinski definition) is 1. The molecule has 166 valence electrons. The van der Waals surface area contributed by atoms with Gasteiger partial charge in [-0.2, -0.15) is 18.3 Å². The van der Waals surface area contributed by atoms with Crippen LogP contribution in [0.3, 0.4) is 0 Å². The van der Waals surface area contributed by atoms with Crippen molar-refractivity contribution < 1.29 is 18.3 Å². The molecule has 5 rings (SSSR count). The van der Waals surface area contributed by atoms with Gasteiger partial charge in [0.2, 0.25) is 0 Å². The van der Waals surface area contributed by atoms with Crippen LogP contribution in [0, 0.1) is 0 Å². The van der Waals surface area contributed by atoms with E-state index in [-0.39, 0.29) is 6.10 Å². The van der Waals surface area contributed by atoms with Gasteiger partial charge in [-0.05, 0) is 53.9 Å². The minimum absolute atomic E-state index is 0.221. The monoisotopic (exact) mass is 440 g/mol. The van der Waals surface area contributed by atoms with E-state index in [1.54, 1.807) is 0 Å². The van der Waals surface area contributed by atoms with E-state index in [4.69, 9.17) is 0 Å². The Morgan fingerprint density at radius 1 is 1.00 bits per heavy atom. The summed E-state index contributed by atoms with van der Waals surface area (Å²) >= 11 is 0. The van der Waals surface area contributed by atoms with Crippen LogP contribution in [0.25, 0.3) is 27.7 Å². The quantitative estimate of drug-likeness (QED) is 0.494. The van der Waals surface area contributed by atoms with Crippen molar-refractivity contribution in [3.05, 3.63) is 72.7 Å². The highest BCUT2D eigenvalue weighted by Crippen LogP contribution is 2.31. The molecule has 0 radical (unpaired) electrons. The summed E-state index contributed by atoms with van der Waals surface area (Å²) in [5, 5.41) is 15.2. The van der Waals surface area contributed by atoms with Gasteiger partial charge in [0.15, 0.2) is 0 Å². The summed E-state index contributed by atoms with van der Waals surface area (Å²) in [6.07, 6.45) is 1.93. The average molecular weight is 440 g/mol. The fourth-order valence-electron chi connectivity index (χ4n) is 4.24. The average Bonchev–Trinajstić information content (AvgIpc) is 3.51. The Balaban J connectivity index is 1.33. The molecule has 1 atom stereocenters. The van der Waals surface area contributed by atoms with Crippen LogP contribution in [-0.4, -0.2) is 50.1 Å². The van der Waals surface area contributed by atoms with Crippen molar-refractivity contribution in [3.63, 3.8) is 0 Å². The van der Waals surface area contributed by atoms with Crippen molar-refractivity contribution in [2.75, 3.05) is 19.6 Å². The van der Waals surface area contributed by atoms with E-state index < -0.39 is 11.7 Å². The molecule has 5 nitrogen and oxygen atoms in total. The van der Waals surface area contributed by atoms with Crippen LogP contribution in [0.4, 0.5) is 13.2 Å². The predicted octanol–water partition coefficient (Wildman–Crippen LogP) is 4.58. The highest BCUT2D eigenvalue weighted by Gasteiger charge is 2.30. The number of fused-ring (bicyclic) bond motifs is 1. The SMILES string of the molecule is O[C@H]1CCN(CCn2ncc3cc(-n4ccc(-c5ccc(C(F)(F)F)cc5)c4)ccc32)C1. The maximum Gasteiger partial charge on any atom is 0.416 e. The molecule has 0 spiro atoms. The van der Waals surface area contributed by atoms with Gasteiger partial charge in [0.25, 0.3) is 0 Å². The molecular formula is C24H23F3N4O. The molecule has 32 heavy (non-hydrogen) atoms. The summed E-state index contributed by atoms with van der Waals surface area (Å²) in [4.78, 5) is 2.25. The first-order chi connectivity index (χ1) is 15.4. The first kappa shape index (κ1) is 20.8. The Bertz CT molecular complexity index is 1230. The number of alkyl halides is 3. The fourth-order valence-corrected chi connectivity index (χ4v) is 4.24. The van der Waals surface area contributed by atoms with Gasteiger partial charge in [-0.1, -0.05) is 12.1 Å². The largest absolute Gasteiger partial charge is 0.416 e. The lowest BCUT2D eigenvalue weighted by atomic mass is 10.1. The second-order valence-electron chi connectivity index (χ2n) is 8.24. The third-order valence-corrected chi connectivity index (χ3v) is 6.04. The molecule has 1 aliphatic rings. The molecule has 0 bridgehead atoms. The molecular weight excluding hydrogens is 417 g/mol. The van der Waals surface area contributed by atoms with Crippen LogP contribution in [0.15, 0.2) is 67.1 Å². The van der Waals surface area contributed by atoms with Gasteiger partial charge in [0, 0.05) is 43.1 Å². The van der Waals surface area contributed by atoms with Crippen molar-refractivity contribution in [2.24, 2.45) is 0 Å². The van der Waals surface area contributed by atoms with Gasteiger partial charge in [0.05, 0.1) is 29.9 Å². The Kier molecular flexibility index (Phi) is 5.27. The number of nitrogens with zero attached hydrogens (tertiary/aromatic N) is 4. The van der Waals surface area contributed by atoms with Gasteiger partial charge >= 0.3 is 6.18 Å². The van der Waals surface area contributed by atoms with E-state index in [0.717, 1.165) is 72.4 Å². The van der Waals surface area contributed by atoms with Crippen molar-refractivity contribution in [1.29, 1.82) is 0 Å². The molecule has 4 aromatic rings. The molecule has 1 N–H and O–H groups in total. The van der Waals surface area contributed by atoms with E-state index in [1.807, 2.05) is 46.0 Å². The smallest absolute Gasteiger partial charge is 0.392 e. The van der Waals surface area contributed by atoms with Crippen LogP contribution in [-0.2, 0) is 12.7 Å². The molecule has 3 heterocycles. The molecule has 2 aromatic heterocycles. The number of aliphatic hydroxyl groups is 1. The van der Waals surface area contributed by atoms with Gasteiger partial charge < -0.3 is 9.67 Å². The summed E-state index contributed by atoms with van der Waals surface area (Å²) in [6, 6.07) is 13.2. The minimum Gasteiger partial charge on any atom is -0.392 e. The summed E-state index contributed by atoms with van der Waals surface area (Å²) in [5.41, 5.74) is 2.94. The van der Waals surface area contributed by atoms with Crippen molar-refractivity contribution in [2.45, 2.75) is 25.2 Å². The Morgan fingerprint density at radius 2 is 1.81 bits per heavy atom. The molecule has 1 saturated heterocycles. The zero-order chi connectivity index (χ0) is 22.3. The van der Waals surface area contributed by atoms with Crippen molar-refractivity contribution in [3.8, 4) is 16.8 Å². The molecule has 0 unspecified atom stereocenters. The van der Waals surface area contributed by atoms with Gasteiger partial charge in [-0.3, -0.25) is 9.58 Å². The zero-order valence-electron chi connectivity index (χ0n) is 17.3. The zero-order valence-corrected chi connectivity index (χ0v) is 17.3. The highest BCUT2D eigenvalue weighted by molar-refractivity contribution is 5.81. The lowest BCUT2D eigenvalue weighted by Crippen LogP contribution is -2.26. The number of hydrogen-bond acceptors (Lipinski definition) is 3. The number of benzene rings is 2. The van der Waals surface area contributed by atoms with E-state index in [9.17, 15) is 18.3 Å². The second kappa shape index (κ2) is 8.11. The third-order valence-electron chi connectivity index (χ3n) is 6.04. The van der Waals surface area contributed by atoms with E-state index in [1.165, 1.54) is 12.1 Å². The molecule has 2 aromatic carbocycles. The number of aromatic nitrogens is 3. The topological polar surface area (TPSA) is 46.2 Å². The summed E-state index contributed by atoms with van der Waals surface area (Å²) in [5.74, 6) is 0. The van der Waals surface area contributed by atoms with Crippen molar-refractivity contribution in [1.82, 2.24) is 19.2 Å². The van der Waals surface area contributed by atoms with Crippen LogP contribution in [0.2, 0.25) is 0 Å². The van der Waals surface area contributed by atoms with Gasteiger partial charge in [-0.15, -0.1) is 0 Å². The van der Waals surface area contributed by atoms with E-state index in [2.05, 4.69) is 16.1 Å². The maximum atomic E-state index is 12.8. The Hall–Kier alpha value is -3.10. The number of likely N-dealkylation sites (tertiary alicyclic amines) is 1. The van der Waals surface area contributed by atoms with Crippen LogP contribution >= 0.6 is 0 Å². The number of halogens is 3. The number of rotatable bonds is 5. The first-order valence-corrected chi connectivity index (χ1v) is 10.6. The Labute approximate surface area is 183 Å². The fraction of sp³-hybridized carbons (Fsp3) is 0.292. The number of aliphatic hydroxyl groups excluding tert-OH is 1. The van der Waals surface area contributed by atoms with Gasteiger partial charge in [-0.25, -0.2) is 0 Å². The van der Waals surface area contributed by atoms with Crippen molar-refractivity contribution >= 4 is 10.9 Å². The summed E-state index contributed by atoms with van der Waals surface area (Å²) < 4.78 is 42.3. The third kappa shape index (κ3) is 4.16. The standard InChI is InChI=1S/C24H23F3N4O/c25-24(26,27)20-3-1-17(2-4-20)18-7-10-30(15-18)21-5-6-23-19(13-21)14-28-31(23)12-11-29-9-8-22(32)16-29/h1-7,10,13-15,22,32H,8-9,11-12,16H2/t22-/m0/s1. The first-order valence-electron chi connectivity index (χ1n) is 10.6. The van der Waals surface area contributed by atoms with Gasteiger partial charge in [0.1, 0.15) is 0 Å². The number of β-amino-alcohol motifs (C(OH)–C–C–N with tert-alkyl or cyclic N) is 1. The lowest BCUT2D eigenvalue weighted by Gasteiger charge is -2.15. The molecule has 0 amide bonds. The summed E-state index contributed by atoms with van der Waals surface area (Å²) in [7, 11) is 0. The highest BCUT2D eigenvalue weighted by atomic mass is 19.4. The molecule has 0 aliphatic carbocycles. The molecule has 0 saturated carbocycles. The Morgan fingerprint density at radius 3 is 2.53 bits per heavy atom. The van der Waals surface area contributed by atoms with Crippen LogP contribution < -0.4 is 0 Å². The summed E-state index contributed by atoms with van der Waals surface area (Å²) in [6.45, 7) is 3.25. The lowest BCUT2D eigenvalue weighted by molar-refractivity contribution is -0.137. The second-order valence-corrected chi connectivity index (χ2v) is 8.24. The van der Waals surface area contributed by atoms with E-state index >= 15 is 0 Å². The molecule has 8 heteroatoms. The maximum absolute atomic E-state index is 12.8. The predicted molar refractivity (Wildman–Crippen MR) is 117 cm³/mol.